The molecule has 0 fully saturated rings. The minimum Gasteiger partial charge on any atom is -0.232 e. The van der Waals surface area contributed by atoms with E-state index in [0.29, 0.717) is 11.7 Å². The van der Waals surface area contributed by atoms with Crippen molar-refractivity contribution in [2.75, 3.05) is 5.75 Å². The van der Waals surface area contributed by atoms with Crippen molar-refractivity contribution in [3.63, 3.8) is 0 Å². The molecule has 1 unspecified atom stereocenters. The Labute approximate surface area is 154 Å². The molecule has 0 saturated carbocycles. The number of unbranched alkanes of at least 4 members (excludes halogenated alkanes) is 15. The summed E-state index contributed by atoms with van der Waals surface area (Å²) in [4.78, 5) is 0. The van der Waals surface area contributed by atoms with Crippen molar-refractivity contribution in [3.8, 4) is 0 Å². The van der Waals surface area contributed by atoms with Gasteiger partial charge in [-0.25, -0.2) is 8.42 Å². The first-order valence-corrected chi connectivity index (χ1v) is 12.1. The van der Waals surface area contributed by atoms with Crippen LogP contribution in [-0.2, 0) is 10.7 Å². The fraction of sp³-hybridized carbons (Fsp3) is 1.00. The summed E-state index contributed by atoms with van der Waals surface area (Å²) < 4.78 is 21.2. The van der Waals surface area contributed by atoms with E-state index in [1.165, 1.54) is 103 Å². The highest BCUT2D eigenvalue weighted by Crippen LogP contribution is 2.15. The summed E-state index contributed by atoms with van der Waals surface area (Å²) in [7, 11) is -2.18. The molecule has 0 aromatic rings. The van der Waals surface area contributed by atoms with Crippen LogP contribution in [-0.4, -0.2) is 14.2 Å². The fourth-order valence-electron chi connectivity index (χ4n) is 3.39. The Balaban J connectivity index is 3.07. The third-order valence-electron chi connectivity index (χ3n) is 5.01. The Kier molecular flexibility index (Phi) is 19.2. The molecule has 2 nitrogen and oxygen atoms in total. The zero-order chi connectivity index (χ0) is 17.9. The molecular formula is C21H44O2S. The lowest BCUT2D eigenvalue weighted by Crippen LogP contribution is -2.02. The van der Waals surface area contributed by atoms with Gasteiger partial charge in [-0.2, -0.15) is 0 Å². The van der Waals surface area contributed by atoms with E-state index in [1.54, 1.807) is 0 Å². The average molecular weight is 361 g/mol. The van der Waals surface area contributed by atoms with Crippen LogP contribution in [0.2, 0.25) is 0 Å². The lowest BCUT2D eigenvalue weighted by molar-refractivity contribution is 0.499. The zero-order valence-electron chi connectivity index (χ0n) is 16.6. The smallest absolute Gasteiger partial charge is 0.140 e. The first-order valence-electron chi connectivity index (χ1n) is 10.8. The maximum atomic E-state index is 10.6. The summed E-state index contributed by atoms with van der Waals surface area (Å²) >= 11 is 0. The van der Waals surface area contributed by atoms with Crippen molar-refractivity contribution >= 4 is 10.7 Å². The van der Waals surface area contributed by atoms with Crippen LogP contribution >= 0.6 is 0 Å². The van der Waals surface area contributed by atoms with Crippen LogP contribution in [0.25, 0.3) is 0 Å². The molecule has 0 saturated heterocycles. The van der Waals surface area contributed by atoms with Crippen molar-refractivity contribution < 1.29 is 8.42 Å². The van der Waals surface area contributed by atoms with Crippen LogP contribution in [0.5, 0.6) is 0 Å². The maximum absolute atomic E-state index is 10.6. The van der Waals surface area contributed by atoms with E-state index >= 15 is 0 Å². The van der Waals surface area contributed by atoms with Crippen molar-refractivity contribution in [1.29, 1.82) is 0 Å². The van der Waals surface area contributed by atoms with E-state index in [4.69, 9.17) is 0 Å². The third kappa shape index (κ3) is 20.0. The van der Waals surface area contributed by atoms with Gasteiger partial charge in [-0.15, -0.1) is 0 Å². The van der Waals surface area contributed by atoms with E-state index in [0.717, 1.165) is 6.42 Å². The molecule has 24 heavy (non-hydrogen) atoms. The van der Waals surface area contributed by atoms with Gasteiger partial charge in [-0.05, 0) is 12.3 Å². The molecule has 0 N–H and O–H groups in total. The topological polar surface area (TPSA) is 34.1 Å². The zero-order valence-corrected chi connectivity index (χ0v) is 17.5. The monoisotopic (exact) mass is 360 g/mol. The summed E-state index contributed by atoms with van der Waals surface area (Å²) in [5.74, 6) is 0.714. The van der Waals surface area contributed by atoms with Gasteiger partial charge >= 0.3 is 0 Å². The molecule has 0 aromatic heterocycles. The van der Waals surface area contributed by atoms with Gasteiger partial charge in [-0.1, -0.05) is 117 Å². The van der Waals surface area contributed by atoms with Crippen LogP contribution in [0.1, 0.15) is 123 Å². The second-order valence-electron chi connectivity index (χ2n) is 7.71. The Morgan fingerprint density at radius 3 is 1.25 bits per heavy atom. The molecule has 0 bridgehead atoms. The predicted molar refractivity (Wildman–Crippen MR) is 109 cm³/mol. The number of hydrogen-bond donors (Lipinski definition) is 1. The maximum Gasteiger partial charge on any atom is 0.140 e. The first-order chi connectivity index (χ1) is 11.7. The fourth-order valence-corrected chi connectivity index (χ4v) is 4.08. The van der Waals surface area contributed by atoms with Gasteiger partial charge in [0.25, 0.3) is 0 Å². The molecule has 0 rings (SSSR count). The summed E-state index contributed by atoms with van der Waals surface area (Å²) in [6.45, 7) is 4.33. The highest BCUT2D eigenvalue weighted by molar-refractivity contribution is 7.72. The molecule has 146 valence electrons. The summed E-state index contributed by atoms with van der Waals surface area (Å²) in [5, 5.41) is 0. The third-order valence-corrected chi connectivity index (χ3v) is 5.93. The van der Waals surface area contributed by atoms with E-state index < -0.39 is 10.7 Å². The van der Waals surface area contributed by atoms with Crippen molar-refractivity contribution in [1.82, 2.24) is 0 Å². The van der Waals surface area contributed by atoms with Crippen molar-refractivity contribution in [3.05, 3.63) is 0 Å². The molecule has 1 atom stereocenters. The molecule has 0 aromatic carbocycles. The summed E-state index contributed by atoms with van der Waals surface area (Å²) in [5.41, 5.74) is 0. The van der Waals surface area contributed by atoms with Crippen molar-refractivity contribution in [2.45, 2.75) is 123 Å². The van der Waals surface area contributed by atoms with Gasteiger partial charge < -0.3 is 0 Å². The molecule has 0 aliphatic carbocycles. The Hall–Kier alpha value is -0.0500. The van der Waals surface area contributed by atoms with Crippen LogP contribution in [0, 0.1) is 5.92 Å². The second-order valence-corrected chi connectivity index (χ2v) is 8.74. The van der Waals surface area contributed by atoms with Gasteiger partial charge in [0.05, 0.1) is 5.75 Å². The van der Waals surface area contributed by atoms with Gasteiger partial charge in [0.1, 0.15) is 10.7 Å². The Morgan fingerprint density at radius 1 is 0.583 bits per heavy atom. The molecule has 0 heterocycles. The van der Waals surface area contributed by atoms with Gasteiger partial charge in [-0.3, -0.25) is 0 Å². The summed E-state index contributed by atoms with van der Waals surface area (Å²) in [6, 6.07) is 0. The van der Waals surface area contributed by atoms with Crippen LogP contribution < -0.4 is 0 Å². The predicted octanol–water partition coefficient (Wildman–Crippen LogP) is 6.89. The Morgan fingerprint density at radius 2 is 0.917 bits per heavy atom. The standard InChI is InChI=1S/C21H44O2S/c1-3-4-5-6-7-8-9-10-11-12-13-14-15-16-17-18-19-21(2)20-24(22)23/h21,24H,3-20H2,1-2H3. The SMILES string of the molecule is CCCCCCCCCCCCCCCCCCC(C)C[SH](=O)=O. The Bertz CT molecular complexity index is 305. The van der Waals surface area contributed by atoms with Crippen LogP contribution in [0.4, 0.5) is 0 Å². The molecule has 0 spiro atoms. The van der Waals surface area contributed by atoms with E-state index in [2.05, 4.69) is 13.8 Å². The first kappa shape index (κ1) is 23.9. The average Bonchev–Trinajstić information content (AvgIpc) is 2.53. The molecule has 0 aliphatic heterocycles. The highest BCUT2D eigenvalue weighted by Gasteiger charge is 2.02. The molecule has 0 amide bonds. The summed E-state index contributed by atoms with van der Waals surface area (Å²) in [6.07, 6.45) is 23.3. The van der Waals surface area contributed by atoms with E-state index in [-0.39, 0.29) is 0 Å². The van der Waals surface area contributed by atoms with Crippen molar-refractivity contribution in [2.24, 2.45) is 5.92 Å². The molecule has 0 radical (unpaired) electrons. The number of hydrogen-bond acceptors (Lipinski definition) is 2. The lowest BCUT2D eigenvalue weighted by Gasteiger charge is -2.07. The highest BCUT2D eigenvalue weighted by atomic mass is 32.2. The largest absolute Gasteiger partial charge is 0.232 e. The number of thiol groups is 1. The van der Waals surface area contributed by atoms with E-state index in [9.17, 15) is 8.42 Å². The molecule has 3 heteroatoms. The normalized spacial score (nSPS) is 12.8. The quantitative estimate of drug-likeness (QED) is 0.201. The van der Waals surface area contributed by atoms with Gasteiger partial charge in [0.2, 0.25) is 0 Å². The molecular weight excluding hydrogens is 316 g/mol. The van der Waals surface area contributed by atoms with E-state index in [1.807, 2.05) is 0 Å². The van der Waals surface area contributed by atoms with Crippen LogP contribution in [0.3, 0.4) is 0 Å². The van der Waals surface area contributed by atoms with Gasteiger partial charge in [0, 0.05) is 0 Å². The molecule has 0 aliphatic rings. The minimum atomic E-state index is -2.18. The van der Waals surface area contributed by atoms with Crippen LogP contribution in [0.15, 0.2) is 0 Å². The second kappa shape index (κ2) is 19.3. The minimum absolute atomic E-state index is 0.345. The van der Waals surface area contributed by atoms with Gasteiger partial charge in [0.15, 0.2) is 0 Å². The number of rotatable bonds is 19. The lowest BCUT2D eigenvalue weighted by atomic mass is 10.0.